The van der Waals surface area contributed by atoms with E-state index in [2.05, 4.69) is 28.7 Å². The highest BCUT2D eigenvalue weighted by atomic mass is 127. The molecule has 0 spiro atoms. The van der Waals surface area contributed by atoms with Gasteiger partial charge in [0, 0.05) is 22.7 Å². The summed E-state index contributed by atoms with van der Waals surface area (Å²) in [6, 6.07) is 6.21. The summed E-state index contributed by atoms with van der Waals surface area (Å²) in [7, 11) is 1.84. The third kappa shape index (κ3) is 1.57. The van der Waals surface area contributed by atoms with Crippen LogP contribution in [0.2, 0.25) is 0 Å². The fraction of sp³-hybridized carbons (Fsp3) is 0.300. The van der Waals surface area contributed by atoms with Crippen LogP contribution in [0, 0.1) is 3.57 Å². The molecule has 0 saturated heterocycles. The van der Waals surface area contributed by atoms with Crippen LogP contribution in [0.3, 0.4) is 0 Å². The fourth-order valence-electron chi connectivity index (χ4n) is 1.63. The van der Waals surface area contributed by atoms with E-state index in [4.69, 9.17) is 0 Å². The molecule has 0 atom stereocenters. The number of rotatable bonds is 0. The van der Waals surface area contributed by atoms with Gasteiger partial charge in [0.15, 0.2) is 0 Å². The number of fused-ring (bicyclic) bond motifs is 1. The first-order valence-corrected chi connectivity index (χ1v) is 5.31. The molecule has 1 aliphatic heterocycles. The Morgan fingerprint density at radius 2 is 2.15 bits per heavy atom. The van der Waals surface area contributed by atoms with Gasteiger partial charge in [0.2, 0.25) is 5.91 Å². The second kappa shape index (κ2) is 3.29. The minimum Gasteiger partial charge on any atom is -0.315 e. The van der Waals surface area contributed by atoms with Crippen molar-refractivity contribution in [1.29, 1.82) is 0 Å². The van der Waals surface area contributed by atoms with Crippen molar-refractivity contribution in [3.63, 3.8) is 0 Å². The molecule has 1 aromatic carbocycles. The number of carbonyl (C=O) groups excluding carboxylic acids is 1. The lowest BCUT2D eigenvalue weighted by Gasteiger charge is -2.25. The molecule has 0 aromatic heterocycles. The van der Waals surface area contributed by atoms with E-state index in [0.29, 0.717) is 6.42 Å². The third-order valence-corrected chi connectivity index (χ3v) is 3.06. The largest absolute Gasteiger partial charge is 0.315 e. The number of benzene rings is 1. The highest BCUT2D eigenvalue weighted by molar-refractivity contribution is 14.1. The Kier molecular flexibility index (Phi) is 2.27. The zero-order chi connectivity index (χ0) is 9.42. The van der Waals surface area contributed by atoms with Crippen molar-refractivity contribution in [3.8, 4) is 0 Å². The number of nitrogens with zero attached hydrogens (tertiary/aromatic N) is 1. The monoisotopic (exact) mass is 287 g/mol. The van der Waals surface area contributed by atoms with Gasteiger partial charge in [-0.2, -0.15) is 0 Å². The van der Waals surface area contributed by atoms with Crippen LogP contribution < -0.4 is 4.90 Å². The molecule has 2 nitrogen and oxygen atoms in total. The van der Waals surface area contributed by atoms with E-state index in [1.165, 1.54) is 9.13 Å². The summed E-state index contributed by atoms with van der Waals surface area (Å²) in [5.41, 5.74) is 2.35. The third-order valence-electron chi connectivity index (χ3n) is 2.39. The van der Waals surface area contributed by atoms with Gasteiger partial charge in [0.25, 0.3) is 0 Å². The highest BCUT2D eigenvalue weighted by Gasteiger charge is 2.20. The van der Waals surface area contributed by atoms with Gasteiger partial charge >= 0.3 is 0 Å². The van der Waals surface area contributed by atoms with Crippen LogP contribution in [0.4, 0.5) is 5.69 Å². The Balaban J connectivity index is 2.49. The molecule has 0 fully saturated rings. The molecule has 1 aliphatic rings. The Hall–Kier alpha value is -0.580. The molecule has 0 unspecified atom stereocenters. The van der Waals surface area contributed by atoms with Gasteiger partial charge in [-0.1, -0.05) is 0 Å². The Bertz CT molecular complexity index is 362. The summed E-state index contributed by atoms with van der Waals surface area (Å²) in [5.74, 6) is 0.216. The Morgan fingerprint density at radius 1 is 1.38 bits per heavy atom. The summed E-state index contributed by atoms with van der Waals surface area (Å²) >= 11 is 2.29. The summed E-state index contributed by atoms with van der Waals surface area (Å²) in [5, 5.41) is 0. The molecular formula is C10H10INO. The first kappa shape index (κ1) is 8.99. The van der Waals surface area contributed by atoms with Crippen LogP contribution in [-0.2, 0) is 11.2 Å². The number of aryl methyl sites for hydroxylation is 1. The lowest BCUT2D eigenvalue weighted by Crippen LogP contribution is -2.31. The van der Waals surface area contributed by atoms with Crippen molar-refractivity contribution in [2.24, 2.45) is 0 Å². The number of amides is 1. The molecule has 68 valence electrons. The number of anilines is 1. The van der Waals surface area contributed by atoms with Crippen molar-refractivity contribution in [2.75, 3.05) is 11.9 Å². The lowest BCUT2D eigenvalue weighted by molar-refractivity contribution is -0.118. The molecular weight excluding hydrogens is 277 g/mol. The second-order valence-corrected chi connectivity index (χ2v) is 4.47. The van der Waals surface area contributed by atoms with Crippen LogP contribution in [0.1, 0.15) is 12.0 Å². The van der Waals surface area contributed by atoms with E-state index >= 15 is 0 Å². The fourth-order valence-corrected chi connectivity index (χ4v) is 2.18. The van der Waals surface area contributed by atoms with E-state index < -0.39 is 0 Å². The molecule has 3 heteroatoms. The SMILES string of the molecule is CN1C(=O)CCc2cc(I)ccc21. The van der Waals surface area contributed by atoms with Crippen molar-refractivity contribution in [3.05, 3.63) is 27.3 Å². The number of hydrogen-bond donors (Lipinski definition) is 0. The maximum atomic E-state index is 11.4. The van der Waals surface area contributed by atoms with Crippen molar-refractivity contribution >= 4 is 34.2 Å². The van der Waals surface area contributed by atoms with Gasteiger partial charge in [-0.25, -0.2) is 0 Å². The maximum Gasteiger partial charge on any atom is 0.227 e. The van der Waals surface area contributed by atoms with Crippen LogP contribution >= 0.6 is 22.6 Å². The smallest absolute Gasteiger partial charge is 0.227 e. The molecule has 0 aliphatic carbocycles. The number of carbonyl (C=O) groups is 1. The van der Waals surface area contributed by atoms with Gasteiger partial charge in [-0.3, -0.25) is 4.79 Å². The molecule has 1 heterocycles. The highest BCUT2D eigenvalue weighted by Crippen LogP contribution is 2.27. The van der Waals surface area contributed by atoms with E-state index in [-0.39, 0.29) is 5.91 Å². The minimum absolute atomic E-state index is 0.216. The molecule has 0 saturated carbocycles. The van der Waals surface area contributed by atoms with Crippen LogP contribution in [0.15, 0.2) is 18.2 Å². The topological polar surface area (TPSA) is 20.3 Å². The van der Waals surface area contributed by atoms with Crippen LogP contribution in [-0.4, -0.2) is 13.0 Å². The van der Waals surface area contributed by atoms with Gasteiger partial charge in [0.1, 0.15) is 0 Å². The predicted octanol–water partition coefficient (Wildman–Crippen LogP) is 2.20. The first-order chi connectivity index (χ1) is 6.18. The summed E-state index contributed by atoms with van der Waals surface area (Å²) < 4.78 is 1.24. The van der Waals surface area contributed by atoms with Crippen LogP contribution in [0.5, 0.6) is 0 Å². The average Bonchev–Trinajstić information content (AvgIpc) is 2.12. The molecule has 0 radical (unpaired) electrons. The first-order valence-electron chi connectivity index (χ1n) is 4.23. The molecule has 0 bridgehead atoms. The molecule has 13 heavy (non-hydrogen) atoms. The molecule has 2 rings (SSSR count). The lowest BCUT2D eigenvalue weighted by atomic mass is 10.0. The minimum atomic E-state index is 0.216. The Labute approximate surface area is 91.1 Å². The van der Waals surface area contributed by atoms with E-state index in [9.17, 15) is 4.79 Å². The molecule has 1 aromatic rings. The summed E-state index contributed by atoms with van der Waals surface area (Å²) in [6.45, 7) is 0. The average molecular weight is 287 g/mol. The zero-order valence-electron chi connectivity index (χ0n) is 7.38. The molecule has 1 amide bonds. The van der Waals surface area contributed by atoms with Crippen LogP contribution in [0.25, 0.3) is 0 Å². The van der Waals surface area contributed by atoms with E-state index in [1.807, 2.05) is 19.2 Å². The van der Waals surface area contributed by atoms with E-state index in [1.54, 1.807) is 4.90 Å². The number of halogens is 1. The summed E-state index contributed by atoms with van der Waals surface area (Å²) in [4.78, 5) is 13.1. The van der Waals surface area contributed by atoms with Gasteiger partial charge in [-0.05, 0) is 52.8 Å². The molecule has 0 N–H and O–H groups in total. The van der Waals surface area contributed by atoms with Crippen molar-refractivity contribution in [2.45, 2.75) is 12.8 Å². The van der Waals surface area contributed by atoms with E-state index in [0.717, 1.165) is 12.1 Å². The van der Waals surface area contributed by atoms with Crippen molar-refractivity contribution in [1.82, 2.24) is 0 Å². The second-order valence-electron chi connectivity index (χ2n) is 3.23. The van der Waals surface area contributed by atoms with Crippen molar-refractivity contribution < 1.29 is 4.79 Å². The maximum absolute atomic E-state index is 11.4. The standard InChI is InChI=1S/C10H10INO/c1-12-9-4-3-8(11)6-7(9)2-5-10(12)13/h3-4,6H,2,5H2,1H3. The number of hydrogen-bond acceptors (Lipinski definition) is 1. The predicted molar refractivity (Wildman–Crippen MR) is 60.9 cm³/mol. The Morgan fingerprint density at radius 3 is 2.92 bits per heavy atom. The summed E-state index contributed by atoms with van der Waals surface area (Å²) in [6.07, 6.45) is 1.53. The normalized spacial score (nSPS) is 15.8. The zero-order valence-corrected chi connectivity index (χ0v) is 9.54. The quantitative estimate of drug-likeness (QED) is 0.670. The van der Waals surface area contributed by atoms with Gasteiger partial charge < -0.3 is 4.90 Å². The van der Waals surface area contributed by atoms with Gasteiger partial charge in [-0.15, -0.1) is 0 Å². The van der Waals surface area contributed by atoms with Gasteiger partial charge in [0.05, 0.1) is 0 Å².